The van der Waals surface area contributed by atoms with Crippen LogP contribution in [0.15, 0.2) is 18.5 Å². The molecule has 1 heterocycles. The summed E-state index contributed by atoms with van der Waals surface area (Å²) in [6, 6.07) is 2.88. The lowest BCUT2D eigenvalue weighted by molar-refractivity contribution is 0.426. The van der Waals surface area contributed by atoms with E-state index in [4.69, 9.17) is 0 Å². The summed E-state index contributed by atoms with van der Waals surface area (Å²) >= 11 is 0. The van der Waals surface area contributed by atoms with Gasteiger partial charge in [0.25, 0.3) is 0 Å². The minimum Gasteiger partial charge on any atom is -0.367 e. The number of rotatable bonds is 3. The van der Waals surface area contributed by atoms with Gasteiger partial charge < -0.3 is 10.3 Å². The summed E-state index contributed by atoms with van der Waals surface area (Å²) in [5, 5.41) is 3.61. The van der Waals surface area contributed by atoms with Gasteiger partial charge in [0.1, 0.15) is 0 Å². The third-order valence-electron chi connectivity index (χ3n) is 3.09. The number of hydrogen-bond acceptors (Lipinski definition) is 1. The Labute approximate surface area is 79.7 Å². The van der Waals surface area contributed by atoms with E-state index in [1.807, 2.05) is 6.20 Å². The van der Waals surface area contributed by atoms with Gasteiger partial charge in [0.05, 0.1) is 0 Å². The van der Waals surface area contributed by atoms with Crippen LogP contribution < -0.4 is 5.32 Å². The first-order valence-corrected chi connectivity index (χ1v) is 5.21. The van der Waals surface area contributed by atoms with Gasteiger partial charge in [-0.15, -0.1) is 0 Å². The highest BCUT2D eigenvalue weighted by molar-refractivity contribution is 5.08. The van der Waals surface area contributed by atoms with Gasteiger partial charge in [-0.2, -0.15) is 0 Å². The second-order valence-corrected chi connectivity index (χ2v) is 4.11. The summed E-state index contributed by atoms with van der Waals surface area (Å²) in [6.07, 6.45) is 8.18. The molecule has 0 saturated heterocycles. The minimum absolute atomic E-state index is 0.745. The highest BCUT2D eigenvalue weighted by Gasteiger charge is 2.22. The van der Waals surface area contributed by atoms with Crippen LogP contribution in [0.2, 0.25) is 0 Å². The van der Waals surface area contributed by atoms with Gasteiger partial charge in [0, 0.05) is 25.0 Å². The Bertz CT molecular complexity index is 241. The molecule has 2 atom stereocenters. The predicted octanol–water partition coefficient (Wildman–Crippen LogP) is 2.29. The largest absolute Gasteiger partial charge is 0.367 e. The fourth-order valence-electron chi connectivity index (χ4n) is 2.17. The first kappa shape index (κ1) is 8.82. The molecule has 13 heavy (non-hydrogen) atoms. The van der Waals surface area contributed by atoms with Crippen LogP contribution in [-0.4, -0.2) is 11.0 Å². The number of H-pyrrole nitrogens is 1. The topological polar surface area (TPSA) is 27.8 Å². The summed E-state index contributed by atoms with van der Waals surface area (Å²) in [5.74, 6) is 0.860. The fraction of sp³-hybridized carbons (Fsp3) is 0.636. The monoisotopic (exact) mass is 178 g/mol. The van der Waals surface area contributed by atoms with E-state index in [1.165, 1.54) is 24.8 Å². The molecule has 72 valence electrons. The van der Waals surface area contributed by atoms with Crippen LogP contribution in [0.3, 0.4) is 0 Å². The normalized spacial score (nSPS) is 28.1. The van der Waals surface area contributed by atoms with Crippen LogP contribution in [0, 0.1) is 5.92 Å². The van der Waals surface area contributed by atoms with Crippen LogP contribution in [0.1, 0.15) is 31.7 Å². The molecule has 1 fully saturated rings. The summed E-state index contributed by atoms with van der Waals surface area (Å²) in [7, 11) is 0. The molecule has 1 aromatic rings. The molecule has 0 aliphatic heterocycles. The zero-order valence-corrected chi connectivity index (χ0v) is 8.22. The first-order valence-electron chi connectivity index (χ1n) is 5.21. The van der Waals surface area contributed by atoms with Crippen LogP contribution >= 0.6 is 0 Å². The molecule has 1 saturated carbocycles. The highest BCUT2D eigenvalue weighted by Crippen LogP contribution is 2.24. The van der Waals surface area contributed by atoms with Crippen molar-refractivity contribution in [2.24, 2.45) is 5.92 Å². The lowest BCUT2D eigenvalue weighted by Gasteiger charge is -2.16. The molecule has 0 radical (unpaired) electrons. The van der Waals surface area contributed by atoms with Gasteiger partial charge in [-0.1, -0.05) is 13.3 Å². The SMILES string of the molecule is CC1CCCC1NCc1cc[nH]c1. The van der Waals surface area contributed by atoms with E-state index < -0.39 is 0 Å². The average molecular weight is 178 g/mol. The number of nitrogens with one attached hydrogen (secondary N) is 2. The molecule has 2 rings (SSSR count). The Morgan fingerprint density at radius 3 is 3.08 bits per heavy atom. The van der Waals surface area contributed by atoms with Crippen molar-refractivity contribution >= 4 is 0 Å². The Balaban J connectivity index is 1.79. The zero-order chi connectivity index (χ0) is 9.10. The quantitative estimate of drug-likeness (QED) is 0.730. The highest BCUT2D eigenvalue weighted by atomic mass is 14.9. The Morgan fingerprint density at radius 1 is 1.54 bits per heavy atom. The van der Waals surface area contributed by atoms with Crippen LogP contribution in [0.25, 0.3) is 0 Å². The standard InChI is InChI=1S/C11H18N2/c1-9-3-2-4-11(9)13-8-10-5-6-12-7-10/h5-7,9,11-13H,2-4,8H2,1H3. The van der Waals surface area contributed by atoms with Crippen molar-refractivity contribution in [2.45, 2.75) is 38.8 Å². The maximum Gasteiger partial charge on any atom is 0.0223 e. The fourth-order valence-corrected chi connectivity index (χ4v) is 2.17. The van der Waals surface area contributed by atoms with Crippen LogP contribution in [0.4, 0.5) is 0 Å². The van der Waals surface area contributed by atoms with E-state index in [1.54, 1.807) is 0 Å². The molecule has 0 spiro atoms. The van der Waals surface area contributed by atoms with Crippen LogP contribution in [0.5, 0.6) is 0 Å². The van der Waals surface area contributed by atoms with Gasteiger partial charge in [0.2, 0.25) is 0 Å². The lowest BCUT2D eigenvalue weighted by atomic mass is 10.1. The van der Waals surface area contributed by atoms with E-state index in [2.05, 4.69) is 29.5 Å². The van der Waals surface area contributed by atoms with Crippen molar-refractivity contribution in [3.8, 4) is 0 Å². The van der Waals surface area contributed by atoms with Gasteiger partial charge in [-0.05, 0) is 30.4 Å². The molecule has 1 aliphatic rings. The number of aromatic nitrogens is 1. The molecule has 2 unspecified atom stereocenters. The van der Waals surface area contributed by atoms with Crippen molar-refractivity contribution in [1.29, 1.82) is 0 Å². The molecule has 1 aromatic heterocycles. The summed E-state index contributed by atoms with van der Waals surface area (Å²) in [6.45, 7) is 3.36. The van der Waals surface area contributed by atoms with E-state index in [9.17, 15) is 0 Å². The number of hydrogen-bond donors (Lipinski definition) is 2. The Morgan fingerprint density at radius 2 is 2.46 bits per heavy atom. The molecule has 2 N–H and O–H groups in total. The van der Waals surface area contributed by atoms with Crippen molar-refractivity contribution < 1.29 is 0 Å². The van der Waals surface area contributed by atoms with Crippen molar-refractivity contribution in [1.82, 2.24) is 10.3 Å². The lowest BCUT2D eigenvalue weighted by Crippen LogP contribution is -2.30. The Hall–Kier alpha value is -0.760. The van der Waals surface area contributed by atoms with Crippen molar-refractivity contribution in [3.05, 3.63) is 24.0 Å². The Kier molecular flexibility index (Phi) is 2.69. The molecular formula is C11H18N2. The summed E-state index contributed by atoms with van der Waals surface area (Å²) < 4.78 is 0. The van der Waals surface area contributed by atoms with E-state index in [0.29, 0.717) is 0 Å². The molecule has 1 aliphatic carbocycles. The number of aromatic amines is 1. The van der Waals surface area contributed by atoms with Crippen molar-refractivity contribution in [2.75, 3.05) is 0 Å². The second kappa shape index (κ2) is 3.97. The molecule has 0 bridgehead atoms. The first-order chi connectivity index (χ1) is 6.36. The third-order valence-corrected chi connectivity index (χ3v) is 3.09. The van der Waals surface area contributed by atoms with Gasteiger partial charge in [-0.3, -0.25) is 0 Å². The smallest absolute Gasteiger partial charge is 0.0223 e. The summed E-state index contributed by atoms with van der Waals surface area (Å²) in [5.41, 5.74) is 1.36. The van der Waals surface area contributed by atoms with Gasteiger partial charge in [0.15, 0.2) is 0 Å². The molecule has 2 heteroatoms. The maximum absolute atomic E-state index is 3.61. The molecule has 0 aromatic carbocycles. The molecular weight excluding hydrogens is 160 g/mol. The van der Waals surface area contributed by atoms with E-state index in [-0.39, 0.29) is 0 Å². The third kappa shape index (κ3) is 2.13. The summed E-state index contributed by atoms with van der Waals surface area (Å²) in [4.78, 5) is 3.08. The predicted molar refractivity (Wildman–Crippen MR) is 54.4 cm³/mol. The van der Waals surface area contributed by atoms with E-state index >= 15 is 0 Å². The van der Waals surface area contributed by atoms with E-state index in [0.717, 1.165) is 18.5 Å². The van der Waals surface area contributed by atoms with Crippen LogP contribution in [-0.2, 0) is 6.54 Å². The molecule has 0 amide bonds. The second-order valence-electron chi connectivity index (χ2n) is 4.11. The zero-order valence-electron chi connectivity index (χ0n) is 8.22. The van der Waals surface area contributed by atoms with Gasteiger partial charge >= 0.3 is 0 Å². The average Bonchev–Trinajstić information content (AvgIpc) is 2.72. The molecule has 2 nitrogen and oxygen atoms in total. The van der Waals surface area contributed by atoms with Gasteiger partial charge in [-0.25, -0.2) is 0 Å². The van der Waals surface area contributed by atoms with Crippen molar-refractivity contribution in [3.63, 3.8) is 0 Å². The maximum atomic E-state index is 3.61. The minimum atomic E-state index is 0.745.